The summed E-state index contributed by atoms with van der Waals surface area (Å²) in [5, 5.41) is 6.96. The van der Waals surface area contributed by atoms with Crippen LogP contribution < -0.4 is 10.9 Å². The van der Waals surface area contributed by atoms with E-state index < -0.39 is 0 Å². The maximum atomic E-state index is 13.1. The van der Waals surface area contributed by atoms with Crippen LogP contribution in [0.25, 0.3) is 0 Å². The van der Waals surface area contributed by atoms with Gasteiger partial charge < -0.3 is 9.88 Å². The Labute approximate surface area is 177 Å². The first-order chi connectivity index (χ1) is 14.2. The van der Waals surface area contributed by atoms with E-state index in [0.29, 0.717) is 24.9 Å². The Morgan fingerprint density at radius 1 is 1.24 bits per heavy atom. The second-order valence-electron chi connectivity index (χ2n) is 7.88. The van der Waals surface area contributed by atoms with Crippen LogP contribution >= 0.6 is 22.9 Å². The number of amides is 1. The minimum Gasteiger partial charge on any atom is -0.347 e. The number of rotatable bonds is 5. The lowest BCUT2D eigenvalue weighted by Gasteiger charge is -2.42. The van der Waals surface area contributed by atoms with Gasteiger partial charge in [-0.3, -0.25) is 14.5 Å². The fourth-order valence-electron chi connectivity index (χ4n) is 4.59. The molecular formula is C21H22N4O2S2. The molecule has 1 saturated heterocycles. The second kappa shape index (κ2) is 7.85. The van der Waals surface area contributed by atoms with Gasteiger partial charge in [0.1, 0.15) is 5.56 Å². The normalized spacial score (nSPS) is 21.0. The summed E-state index contributed by atoms with van der Waals surface area (Å²) in [6.45, 7) is 3.98. The smallest absolute Gasteiger partial charge is 0.263 e. The van der Waals surface area contributed by atoms with E-state index in [4.69, 9.17) is 0 Å². The molecule has 2 bridgehead atoms. The maximum absolute atomic E-state index is 13.1. The van der Waals surface area contributed by atoms with E-state index in [2.05, 4.69) is 20.0 Å². The summed E-state index contributed by atoms with van der Waals surface area (Å²) in [5.74, 6) is 0.487. The maximum Gasteiger partial charge on any atom is 0.263 e. The Morgan fingerprint density at radius 3 is 2.97 bits per heavy atom. The number of pyridine rings is 1. The molecule has 2 atom stereocenters. The number of nitrogens with zero attached hydrogens (tertiary/aromatic N) is 3. The van der Waals surface area contributed by atoms with Crippen LogP contribution in [0.15, 0.2) is 46.0 Å². The molecule has 5 heterocycles. The van der Waals surface area contributed by atoms with Crippen LogP contribution in [0.5, 0.6) is 0 Å². The molecule has 3 aromatic heterocycles. The predicted octanol–water partition coefficient (Wildman–Crippen LogP) is 2.92. The van der Waals surface area contributed by atoms with Crippen molar-refractivity contribution in [1.82, 2.24) is 19.2 Å². The van der Waals surface area contributed by atoms with Crippen molar-refractivity contribution in [2.45, 2.75) is 32.0 Å². The Bertz CT molecular complexity index is 1060. The van der Waals surface area contributed by atoms with E-state index >= 15 is 0 Å². The molecule has 0 unspecified atom stereocenters. The van der Waals surface area contributed by atoms with Gasteiger partial charge in [-0.15, -0.1) is 11.3 Å². The SMILES string of the molecule is O=C(NCc1cccs1)c1ccc2n(c1=O)C[C@H]1C[C@@H]2CN(Cc2cnsc2)C1. The molecule has 1 N–H and O–H groups in total. The molecule has 2 aliphatic rings. The van der Waals surface area contributed by atoms with E-state index in [1.54, 1.807) is 17.4 Å². The third-order valence-electron chi connectivity index (χ3n) is 5.82. The fraction of sp³-hybridized carbons (Fsp3) is 0.381. The van der Waals surface area contributed by atoms with Crippen LogP contribution in [0.2, 0.25) is 0 Å². The van der Waals surface area contributed by atoms with Crippen molar-refractivity contribution >= 4 is 28.8 Å². The molecule has 0 aromatic carbocycles. The summed E-state index contributed by atoms with van der Waals surface area (Å²) in [7, 11) is 0. The number of aromatic nitrogens is 2. The molecule has 3 aromatic rings. The molecular weight excluding hydrogens is 404 g/mol. The monoisotopic (exact) mass is 426 g/mol. The molecule has 6 nitrogen and oxygen atoms in total. The van der Waals surface area contributed by atoms with Crippen LogP contribution in [0.1, 0.15) is 38.8 Å². The van der Waals surface area contributed by atoms with Gasteiger partial charge in [-0.05, 0) is 53.0 Å². The highest BCUT2D eigenvalue weighted by molar-refractivity contribution is 7.09. The summed E-state index contributed by atoms with van der Waals surface area (Å²) in [4.78, 5) is 29.2. The van der Waals surface area contributed by atoms with E-state index in [9.17, 15) is 9.59 Å². The van der Waals surface area contributed by atoms with Crippen LogP contribution in [0.3, 0.4) is 0 Å². The van der Waals surface area contributed by atoms with Crippen LogP contribution in [0, 0.1) is 5.92 Å². The fourth-order valence-corrected chi connectivity index (χ4v) is 5.76. The van der Waals surface area contributed by atoms with E-state index in [0.717, 1.165) is 36.6 Å². The summed E-state index contributed by atoms with van der Waals surface area (Å²) >= 11 is 3.08. The van der Waals surface area contributed by atoms with Crippen molar-refractivity contribution in [2.75, 3.05) is 13.1 Å². The zero-order valence-corrected chi connectivity index (χ0v) is 17.5. The predicted molar refractivity (Wildman–Crippen MR) is 114 cm³/mol. The van der Waals surface area contributed by atoms with Gasteiger partial charge in [0.15, 0.2) is 0 Å². The highest BCUT2D eigenvalue weighted by atomic mass is 32.1. The van der Waals surface area contributed by atoms with Crippen LogP contribution in [-0.2, 0) is 19.6 Å². The number of hydrogen-bond acceptors (Lipinski definition) is 6. The number of carbonyl (C=O) groups is 1. The molecule has 0 spiro atoms. The first-order valence-electron chi connectivity index (χ1n) is 9.82. The first kappa shape index (κ1) is 18.7. The molecule has 0 radical (unpaired) electrons. The summed E-state index contributed by atoms with van der Waals surface area (Å²) in [5.41, 5.74) is 2.40. The quantitative estimate of drug-likeness (QED) is 0.681. The molecule has 8 heteroatoms. The number of piperidine rings is 1. The zero-order chi connectivity index (χ0) is 19.8. The number of fused-ring (bicyclic) bond motifs is 4. The van der Waals surface area contributed by atoms with Gasteiger partial charge in [0, 0.05) is 54.2 Å². The van der Waals surface area contributed by atoms with E-state index in [-0.39, 0.29) is 17.0 Å². The van der Waals surface area contributed by atoms with E-state index in [1.165, 1.54) is 17.1 Å². The van der Waals surface area contributed by atoms with Gasteiger partial charge in [-0.1, -0.05) is 6.07 Å². The van der Waals surface area contributed by atoms with Crippen molar-refractivity contribution in [1.29, 1.82) is 0 Å². The van der Waals surface area contributed by atoms with Crippen LogP contribution in [-0.4, -0.2) is 32.8 Å². The number of hydrogen-bond donors (Lipinski definition) is 1. The molecule has 29 heavy (non-hydrogen) atoms. The molecule has 1 amide bonds. The minimum atomic E-state index is -0.291. The molecule has 0 saturated carbocycles. The molecule has 2 aliphatic heterocycles. The average Bonchev–Trinajstić information content (AvgIpc) is 3.41. The first-order valence-corrected chi connectivity index (χ1v) is 11.5. The number of likely N-dealkylation sites (tertiary alicyclic amines) is 1. The summed E-state index contributed by atoms with van der Waals surface area (Å²) in [6.07, 6.45) is 3.05. The van der Waals surface area contributed by atoms with Gasteiger partial charge in [0.25, 0.3) is 11.5 Å². The van der Waals surface area contributed by atoms with Crippen LogP contribution in [0.4, 0.5) is 0 Å². The molecule has 150 valence electrons. The van der Waals surface area contributed by atoms with Gasteiger partial charge in [0.2, 0.25) is 0 Å². The lowest BCUT2D eigenvalue weighted by molar-refractivity contribution is 0.0944. The highest BCUT2D eigenvalue weighted by Gasteiger charge is 2.35. The number of thiophene rings is 1. The lowest BCUT2D eigenvalue weighted by Crippen LogP contribution is -2.47. The average molecular weight is 427 g/mol. The molecule has 5 rings (SSSR count). The van der Waals surface area contributed by atoms with E-state index in [1.807, 2.05) is 34.3 Å². The van der Waals surface area contributed by atoms with Gasteiger partial charge in [-0.25, -0.2) is 4.37 Å². The Morgan fingerprint density at radius 2 is 2.17 bits per heavy atom. The largest absolute Gasteiger partial charge is 0.347 e. The Kier molecular flexibility index (Phi) is 5.07. The zero-order valence-electron chi connectivity index (χ0n) is 15.9. The van der Waals surface area contributed by atoms with Crippen molar-refractivity contribution in [3.63, 3.8) is 0 Å². The highest BCUT2D eigenvalue weighted by Crippen LogP contribution is 2.35. The third kappa shape index (κ3) is 3.80. The third-order valence-corrected chi connectivity index (χ3v) is 7.33. The molecule has 1 fully saturated rings. The van der Waals surface area contributed by atoms with Crippen molar-refractivity contribution in [2.24, 2.45) is 5.92 Å². The number of carbonyl (C=O) groups excluding carboxylic acids is 1. The number of nitrogens with one attached hydrogen (secondary N) is 1. The van der Waals surface area contributed by atoms with Crippen molar-refractivity contribution in [3.8, 4) is 0 Å². The topological polar surface area (TPSA) is 67.2 Å². The standard InChI is InChI=1S/C21H22N4O2S2/c26-20(22-8-17-2-1-5-28-17)18-3-4-19-16-6-14(11-25(19)21(18)27)9-24(12-16)10-15-7-23-29-13-15/h1-5,7,13-14,16H,6,8-12H2,(H,22,26)/t14-,16+/m0/s1. The Hall–Kier alpha value is -2.29. The van der Waals surface area contributed by atoms with Gasteiger partial charge >= 0.3 is 0 Å². The Balaban J connectivity index is 1.34. The minimum absolute atomic E-state index is 0.156. The molecule has 0 aliphatic carbocycles. The van der Waals surface area contributed by atoms with Crippen molar-refractivity contribution in [3.05, 3.63) is 73.3 Å². The van der Waals surface area contributed by atoms with Crippen molar-refractivity contribution < 1.29 is 4.79 Å². The van der Waals surface area contributed by atoms with Gasteiger partial charge in [-0.2, -0.15) is 0 Å². The lowest BCUT2D eigenvalue weighted by atomic mass is 9.83. The summed E-state index contributed by atoms with van der Waals surface area (Å²) < 4.78 is 6.05. The summed E-state index contributed by atoms with van der Waals surface area (Å²) in [6, 6.07) is 7.62. The second-order valence-corrected chi connectivity index (χ2v) is 9.56. The van der Waals surface area contributed by atoms with Gasteiger partial charge in [0.05, 0.1) is 6.54 Å².